The number of benzene rings is 1. The van der Waals surface area contributed by atoms with E-state index in [4.69, 9.17) is 21.8 Å². The molecule has 0 bridgehead atoms. The highest BCUT2D eigenvalue weighted by Gasteiger charge is 2.25. The Bertz CT molecular complexity index is 1150. The summed E-state index contributed by atoms with van der Waals surface area (Å²) in [5.74, 6) is 0.102. The van der Waals surface area contributed by atoms with Gasteiger partial charge < -0.3 is 10.2 Å². The number of nitrogen functional groups attached to an aromatic ring is 1. The Kier molecular flexibility index (Phi) is 7.36. The van der Waals surface area contributed by atoms with Gasteiger partial charge in [0.15, 0.2) is 5.69 Å². The average Bonchev–Trinajstić information content (AvgIpc) is 3.25. The lowest BCUT2D eigenvalue weighted by atomic mass is 10.1. The molecule has 2 aromatic heterocycles. The van der Waals surface area contributed by atoms with Crippen LogP contribution in [0.1, 0.15) is 37.5 Å². The molecule has 8 nitrogen and oxygen atoms in total. The van der Waals surface area contributed by atoms with Crippen molar-refractivity contribution in [3.05, 3.63) is 79.8 Å². The zero-order valence-corrected chi connectivity index (χ0v) is 18.0. The van der Waals surface area contributed by atoms with Gasteiger partial charge in [-0.2, -0.15) is 0 Å². The standard InChI is InChI=1S/C22H25ClN4O4/c1-2-3-12-26-20(24)19(21(29)25-22(26)30)27(14-16-8-6-13-31-16)18(28)11-10-15-7-4-5-9-17(15)23/h4-9,13H,2-3,10-12,14,24H2,1H3,(H,25,29,30). The van der Waals surface area contributed by atoms with E-state index < -0.39 is 11.2 Å². The minimum Gasteiger partial charge on any atom is -0.467 e. The fourth-order valence-electron chi connectivity index (χ4n) is 3.30. The number of nitrogens with one attached hydrogen (secondary N) is 1. The molecule has 0 spiro atoms. The molecule has 0 unspecified atom stereocenters. The second-order valence-electron chi connectivity index (χ2n) is 7.15. The maximum atomic E-state index is 13.2. The number of hydrogen-bond donors (Lipinski definition) is 2. The number of unbranched alkanes of at least 4 members (excludes halogenated alkanes) is 1. The lowest BCUT2D eigenvalue weighted by Crippen LogP contribution is -2.41. The molecule has 0 radical (unpaired) electrons. The van der Waals surface area contributed by atoms with Gasteiger partial charge in [-0.15, -0.1) is 0 Å². The van der Waals surface area contributed by atoms with Crippen LogP contribution in [0.2, 0.25) is 5.02 Å². The Morgan fingerprint density at radius 3 is 2.68 bits per heavy atom. The van der Waals surface area contributed by atoms with Gasteiger partial charge in [0.1, 0.15) is 11.6 Å². The molecule has 0 aliphatic heterocycles. The highest BCUT2D eigenvalue weighted by atomic mass is 35.5. The number of aromatic nitrogens is 2. The van der Waals surface area contributed by atoms with Gasteiger partial charge >= 0.3 is 5.69 Å². The first-order valence-electron chi connectivity index (χ1n) is 10.1. The molecule has 164 valence electrons. The minimum absolute atomic E-state index is 0.00756. The molecule has 0 saturated heterocycles. The van der Waals surface area contributed by atoms with Crippen molar-refractivity contribution in [3.8, 4) is 0 Å². The number of aryl methyl sites for hydroxylation is 1. The number of anilines is 2. The topological polar surface area (TPSA) is 114 Å². The van der Waals surface area contributed by atoms with Crippen molar-refractivity contribution in [1.82, 2.24) is 9.55 Å². The summed E-state index contributed by atoms with van der Waals surface area (Å²) in [6, 6.07) is 10.7. The smallest absolute Gasteiger partial charge is 0.330 e. The summed E-state index contributed by atoms with van der Waals surface area (Å²) < 4.78 is 6.67. The van der Waals surface area contributed by atoms with Gasteiger partial charge in [-0.25, -0.2) is 4.79 Å². The molecule has 2 heterocycles. The average molecular weight is 445 g/mol. The van der Waals surface area contributed by atoms with Gasteiger partial charge in [0.2, 0.25) is 5.91 Å². The summed E-state index contributed by atoms with van der Waals surface area (Å²) in [6.07, 6.45) is 3.51. The minimum atomic E-state index is -0.715. The molecule has 31 heavy (non-hydrogen) atoms. The zero-order chi connectivity index (χ0) is 22.4. The molecule has 1 aromatic carbocycles. The summed E-state index contributed by atoms with van der Waals surface area (Å²) in [6.45, 7) is 2.33. The van der Waals surface area contributed by atoms with Crippen LogP contribution < -0.4 is 21.9 Å². The third-order valence-corrected chi connectivity index (χ3v) is 5.35. The highest BCUT2D eigenvalue weighted by molar-refractivity contribution is 6.31. The van der Waals surface area contributed by atoms with E-state index in [1.165, 1.54) is 15.7 Å². The van der Waals surface area contributed by atoms with Crippen LogP contribution in [0.15, 0.2) is 56.7 Å². The van der Waals surface area contributed by atoms with Crippen molar-refractivity contribution in [2.45, 2.75) is 45.7 Å². The normalized spacial score (nSPS) is 10.9. The molecular weight excluding hydrogens is 420 g/mol. The van der Waals surface area contributed by atoms with E-state index in [9.17, 15) is 14.4 Å². The van der Waals surface area contributed by atoms with Crippen LogP contribution in [0.3, 0.4) is 0 Å². The van der Waals surface area contributed by atoms with Gasteiger partial charge in [0.25, 0.3) is 5.56 Å². The number of furan rings is 1. The van der Waals surface area contributed by atoms with Crippen LogP contribution in [0, 0.1) is 0 Å². The van der Waals surface area contributed by atoms with Crippen molar-refractivity contribution in [2.75, 3.05) is 10.6 Å². The number of H-pyrrole nitrogens is 1. The zero-order valence-electron chi connectivity index (χ0n) is 17.3. The third kappa shape index (κ3) is 5.27. The van der Waals surface area contributed by atoms with Crippen LogP contribution in [0.25, 0.3) is 0 Å². The maximum Gasteiger partial charge on any atom is 0.330 e. The maximum absolute atomic E-state index is 13.2. The number of hydrogen-bond acceptors (Lipinski definition) is 5. The third-order valence-electron chi connectivity index (χ3n) is 4.98. The van der Waals surface area contributed by atoms with E-state index in [0.717, 1.165) is 12.0 Å². The largest absolute Gasteiger partial charge is 0.467 e. The van der Waals surface area contributed by atoms with Crippen molar-refractivity contribution in [3.63, 3.8) is 0 Å². The van der Waals surface area contributed by atoms with Crippen molar-refractivity contribution in [2.24, 2.45) is 0 Å². The predicted octanol–water partition coefficient (Wildman–Crippen LogP) is 3.33. The molecule has 1 amide bonds. The quantitative estimate of drug-likeness (QED) is 0.525. The second-order valence-corrected chi connectivity index (χ2v) is 7.56. The van der Waals surface area contributed by atoms with E-state index in [2.05, 4.69) is 4.98 Å². The molecular formula is C22H25ClN4O4. The number of nitrogens with two attached hydrogens (primary N) is 1. The lowest BCUT2D eigenvalue weighted by molar-refractivity contribution is -0.118. The number of carbonyl (C=O) groups excluding carboxylic acids is 1. The second kappa shape index (κ2) is 10.2. The summed E-state index contributed by atoms with van der Waals surface area (Å²) in [4.78, 5) is 41.7. The van der Waals surface area contributed by atoms with E-state index in [-0.39, 0.29) is 30.4 Å². The molecule has 0 fully saturated rings. The fraction of sp³-hybridized carbons (Fsp3) is 0.318. The molecule has 0 saturated carbocycles. The van der Waals surface area contributed by atoms with Gasteiger partial charge in [-0.05, 0) is 36.6 Å². The summed E-state index contributed by atoms with van der Waals surface area (Å²) in [5, 5.41) is 0.568. The number of nitrogens with zero attached hydrogens (tertiary/aromatic N) is 2. The van der Waals surface area contributed by atoms with E-state index in [0.29, 0.717) is 30.2 Å². The van der Waals surface area contributed by atoms with Gasteiger partial charge in [-0.3, -0.25) is 24.0 Å². The van der Waals surface area contributed by atoms with Crippen LogP contribution in [0.4, 0.5) is 11.5 Å². The lowest BCUT2D eigenvalue weighted by Gasteiger charge is -2.24. The van der Waals surface area contributed by atoms with Crippen LogP contribution in [0.5, 0.6) is 0 Å². The molecule has 9 heteroatoms. The first-order chi connectivity index (χ1) is 14.9. The summed E-state index contributed by atoms with van der Waals surface area (Å²) >= 11 is 6.20. The van der Waals surface area contributed by atoms with Crippen LogP contribution >= 0.6 is 11.6 Å². The van der Waals surface area contributed by atoms with E-state index in [1.54, 1.807) is 18.2 Å². The summed E-state index contributed by atoms with van der Waals surface area (Å²) in [5.41, 5.74) is 5.68. The van der Waals surface area contributed by atoms with Crippen molar-refractivity contribution < 1.29 is 9.21 Å². The molecule has 3 aromatic rings. The van der Waals surface area contributed by atoms with Crippen LogP contribution in [-0.2, 0) is 24.3 Å². The Labute approximate surface area is 184 Å². The number of carbonyl (C=O) groups is 1. The molecule has 0 aliphatic rings. The number of rotatable bonds is 9. The number of amides is 1. The SMILES string of the molecule is CCCCn1c(N)c(N(Cc2ccco2)C(=O)CCc2ccccc2Cl)c(=O)[nH]c1=O. The first kappa shape index (κ1) is 22.4. The van der Waals surface area contributed by atoms with Crippen molar-refractivity contribution in [1.29, 1.82) is 0 Å². The van der Waals surface area contributed by atoms with E-state index >= 15 is 0 Å². The Hall–Kier alpha value is -3.26. The fourth-order valence-corrected chi connectivity index (χ4v) is 3.53. The first-order valence-corrected chi connectivity index (χ1v) is 10.5. The summed E-state index contributed by atoms with van der Waals surface area (Å²) in [7, 11) is 0. The molecule has 0 atom stereocenters. The number of aromatic amines is 1. The van der Waals surface area contributed by atoms with Gasteiger partial charge in [0, 0.05) is 18.0 Å². The highest BCUT2D eigenvalue weighted by Crippen LogP contribution is 2.23. The molecule has 3 rings (SSSR count). The Morgan fingerprint density at radius 1 is 1.23 bits per heavy atom. The Morgan fingerprint density at radius 2 is 2.00 bits per heavy atom. The predicted molar refractivity (Wildman–Crippen MR) is 120 cm³/mol. The Balaban J connectivity index is 1.97. The van der Waals surface area contributed by atoms with Crippen LogP contribution in [-0.4, -0.2) is 15.5 Å². The van der Waals surface area contributed by atoms with E-state index in [1.807, 2.05) is 25.1 Å². The van der Waals surface area contributed by atoms with Gasteiger partial charge in [-0.1, -0.05) is 43.1 Å². The molecule has 3 N–H and O–H groups in total. The van der Waals surface area contributed by atoms with Gasteiger partial charge in [0.05, 0.1) is 12.8 Å². The monoisotopic (exact) mass is 444 g/mol. The number of halogens is 1. The molecule has 0 aliphatic carbocycles. The van der Waals surface area contributed by atoms with Crippen molar-refractivity contribution >= 4 is 29.0 Å².